The monoisotopic (exact) mass is 421 g/mol. The van der Waals surface area contributed by atoms with Crippen LogP contribution in [0.4, 0.5) is 0 Å². The number of aromatic nitrogens is 2. The molecule has 8 heteroatoms. The molecule has 1 N–H and O–H groups in total. The zero-order valence-corrected chi connectivity index (χ0v) is 17.5. The van der Waals surface area contributed by atoms with E-state index in [1.165, 1.54) is 6.92 Å². The van der Waals surface area contributed by atoms with E-state index in [-0.39, 0.29) is 19.2 Å². The maximum Gasteiger partial charge on any atom is 0.338 e. The number of hydrogen-bond acceptors (Lipinski definition) is 6. The third-order valence-electron chi connectivity index (χ3n) is 4.91. The van der Waals surface area contributed by atoms with Crippen LogP contribution in [0.3, 0.4) is 0 Å². The minimum Gasteiger partial charge on any atom is -0.454 e. The average Bonchev–Trinajstić information content (AvgIpc) is 3.36. The van der Waals surface area contributed by atoms with Gasteiger partial charge in [0.1, 0.15) is 0 Å². The van der Waals surface area contributed by atoms with Gasteiger partial charge >= 0.3 is 5.97 Å². The van der Waals surface area contributed by atoms with Crippen LogP contribution in [-0.2, 0) is 16.1 Å². The Kier molecular flexibility index (Phi) is 5.62. The maximum atomic E-state index is 12.4. The summed E-state index contributed by atoms with van der Waals surface area (Å²) in [5.41, 5.74) is 3.98. The van der Waals surface area contributed by atoms with Gasteiger partial charge in [0, 0.05) is 12.2 Å². The summed E-state index contributed by atoms with van der Waals surface area (Å²) < 4.78 is 17.7. The molecule has 0 radical (unpaired) electrons. The number of amides is 1. The van der Waals surface area contributed by atoms with Crippen LogP contribution in [0.1, 0.15) is 34.2 Å². The Balaban J connectivity index is 1.32. The molecule has 1 aromatic heterocycles. The molecule has 1 atom stereocenters. The van der Waals surface area contributed by atoms with E-state index in [2.05, 4.69) is 10.4 Å². The zero-order chi connectivity index (χ0) is 22.0. The van der Waals surface area contributed by atoms with Gasteiger partial charge in [-0.3, -0.25) is 4.79 Å². The molecule has 0 spiro atoms. The van der Waals surface area contributed by atoms with E-state index in [4.69, 9.17) is 14.2 Å². The first-order chi connectivity index (χ1) is 14.9. The van der Waals surface area contributed by atoms with Crippen molar-refractivity contribution in [2.75, 3.05) is 6.79 Å². The fourth-order valence-corrected chi connectivity index (χ4v) is 3.29. The van der Waals surface area contributed by atoms with Gasteiger partial charge in [-0.25, -0.2) is 9.48 Å². The first-order valence-electron chi connectivity index (χ1n) is 9.91. The summed E-state index contributed by atoms with van der Waals surface area (Å²) in [4.78, 5) is 24.8. The fraction of sp³-hybridized carbons (Fsp3) is 0.261. The van der Waals surface area contributed by atoms with Crippen molar-refractivity contribution in [2.45, 2.75) is 33.4 Å². The first kappa shape index (κ1) is 20.5. The Bertz CT molecular complexity index is 1120. The van der Waals surface area contributed by atoms with Crippen LogP contribution in [0.25, 0.3) is 5.69 Å². The summed E-state index contributed by atoms with van der Waals surface area (Å²) in [6, 6.07) is 14.3. The molecule has 0 saturated carbocycles. The second kappa shape index (κ2) is 8.51. The van der Waals surface area contributed by atoms with Gasteiger partial charge < -0.3 is 19.5 Å². The largest absolute Gasteiger partial charge is 0.454 e. The summed E-state index contributed by atoms with van der Waals surface area (Å²) >= 11 is 0. The molecule has 8 nitrogen and oxygen atoms in total. The number of esters is 1. The van der Waals surface area contributed by atoms with E-state index >= 15 is 0 Å². The molecule has 0 bridgehead atoms. The molecule has 2 aromatic carbocycles. The molecule has 31 heavy (non-hydrogen) atoms. The van der Waals surface area contributed by atoms with Crippen molar-refractivity contribution in [2.24, 2.45) is 0 Å². The van der Waals surface area contributed by atoms with Crippen LogP contribution in [0, 0.1) is 13.8 Å². The Morgan fingerprint density at radius 3 is 2.55 bits per heavy atom. The molecule has 0 fully saturated rings. The lowest BCUT2D eigenvalue weighted by Gasteiger charge is -2.14. The molecule has 160 valence electrons. The van der Waals surface area contributed by atoms with Crippen LogP contribution < -0.4 is 14.8 Å². The van der Waals surface area contributed by atoms with Crippen molar-refractivity contribution < 1.29 is 23.8 Å². The van der Waals surface area contributed by atoms with Gasteiger partial charge in [0.05, 0.1) is 16.9 Å². The Morgan fingerprint density at radius 2 is 1.84 bits per heavy atom. The molecular weight excluding hydrogens is 398 g/mol. The lowest BCUT2D eigenvalue weighted by Crippen LogP contribution is -2.35. The minimum atomic E-state index is -0.933. The van der Waals surface area contributed by atoms with Crippen LogP contribution in [0.2, 0.25) is 0 Å². The summed E-state index contributed by atoms with van der Waals surface area (Å²) in [7, 11) is 0. The maximum absolute atomic E-state index is 12.4. The number of carbonyl (C=O) groups excluding carboxylic acids is 2. The van der Waals surface area contributed by atoms with Gasteiger partial charge in [-0.1, -0.05) is 6.07 Å². The van der Waals surface area contributed by atoms with Crippen LogP contribution >= 0.6 is 0 Å². The van der Waals surface area contributed by atoms with Gasteiger partial charge in [0.25, 0.3) is 5.91 Å². The molecule has 1 aliphatic heterocycles. The number of rotatable bonds is 6. The van der Waals surface area contributed by atoms with Gasteiger partial charge in [-0.2, -0.15) is 5.10 Å². The predicted octanol–water partition coefficient (Wildman–Crippen LogP) is 3.08. The summed E-state index contributed by atoms with van der Waals surface area (Å²) in [5, 5.41) is 7.19. The normalized spacial score (nSPS) is 13.0. The summed E-state index contributed by atoms with van der Waals surface area (Å²) in [6.07, 6.45) is -0.933. The van der Waals surface area contributed by atoms with E-state index in [1.807, 2.05) is 32.0 Å². The molecule has 2 heterocycles. The van der Waals surface area contributed by atoms with Crippen molar-refractivity contribution in [3.63, 3.8) is 0 Å². The zero-order valence-electron chi connectivity index (χ0n) is 17.5. The number of aryl methyl sites for hydroxylation is 2. The molecule has 1 aliphatic rings. The van der Waals surface area contributed by atoms with E-state index in [1.54, 1.807) is 35.0 Å². The molecule has 0 saturated heterocycles. The van der Waals surface area contributed by atoms with Crippen LogP contribution in [0.5, 0.6) is 11.5 Å². The molecule has 0 aliphatic carbocycles. The molecule has 4 rings (SSSR count). The third kappa shape index (κ3) is 4.53. The van der Waals surface area contributed by atoms with Crippen LogP contribution in [0.15, 0.2) is 48.5 Å². The smallest absolute Gasteiger partial charge is 0.338 e. The van der Waals surface area contributed by atoms with Crippen molar-refractivity contribution in [1.29, 1.82) is 0 Å². The number of fused-ring (bicyclic) bond motifs is 1. The highest BCUT2D eigenvalue weighted by molar-refractivity contribution is 5.92. The first-order valence-corrected chi connectivity index (χ1v) is 9.91. The molecule has 1 amide bonds. The lowest BCUT2D eigenvalue weighted by atomic mass is 10.2. The number of benzene rings is 2. The summed E-state index contributed by atoms with van der Waals surface area (Å²) in [6.45, 7) is 5.91. The van der Waals surface area contributed by atoms with Gasteiger partial charge in [-0.15, -0.1) is 0 Å². The van der Waals surface area contributed by atoms with Crippen molar-refractivity contribution in [1.82, 2.24) is 15.1 Å². The Labute approximate surface area is 179 Å². The highest BCUT2D eigenvalue weighted by Gasteiger charge is 2.20. The van der Waals surface area contributed by atoms with E-state index in [0.717, 1.165) is 22.6 Å². The van der Waals surface area contributed by atoms with Gasteiger partial charge in [0.2, 0.25) is 6.79 Å². The standard InChI is InChI=1S/C23H23N3O5/c1-14-10-15(2)26(25-14)19-7-5-18(6-8-19)23(28)31-16(3)22(27)24-12-17-4-9-20-21(11-17)30-13-29-20/h4-11,16H,12-13H2,1-3H3,(H,24,27)/t16-/m1/s1. The fourth-order valence-electron chi connectivity index (χ4n) is 3.29. The quantitative estimate of drug-likeness (QED) is 0.615. The number of nitrogens with one attached hydrogen (secondary N) is 1. The van der Waals surface area contributed by atoms with Crippen molar-refractivity contribution in [3.8, 4) is 17.2 Å². The molecule has 3 aromatic rings. The van der Waals surface area contributed by atoms with Crippen molar-refractivity contribution in [3.05, 3.63) is 71.0 Å². The number of ether oxygens (including phenoxy) is 3. The van der Waals surface area contributed by atoms with Gasteiger partial charge in [-0.05, 0) is 68.8 Å². The van der Waals surface area contributed by atoms with E-state index < -0.39 is 12.1 Å². The number of carbonyl (C=O) groups is 2. The Hall–Kier alpha value is -3.81. The Morgan fingerprint density at radius 1 is 1.10 bits per heavy atom. The minimum absolute atomic E-state index is 0.195. The van der Waals surface area contributed by atoms with Gasteiger partial charge in [0.15, 0.2) is 17.6 Å². The third-order valence-corrected chi connectivity index (χ3v) is 4.91. The second-order valence-electron chi connectivity index (χ2n) is 7.34. The lowest BCUT2D eigenvalue weighted by molar-refractivity contribution is -0.129. The molecular formula is C23H23N3O5. The highest BCUT2D eigenvalue weighted by Crippen LogP contribution is 2.32. The van der Waals surface area contributed by atoms with Crippen LogP contribution in [-0.4, -0.2) is 34.6 Å². The summed E-state index contributed by atoms with van der Waals surface area (Å²) in [5.74, 6) is 0.382. The molecule has 0 unspecified atom stereocenters. The highest BCUT2D eigenvalue weighted by atomic mass is 16.7. The second-order valence-corrected chi connectivity index (χ2v) is 7.34. The van der Waals surface area contributed by atoms with E-state index in [0.29, 0.717) is 17.1 Å². The SMILES string of the molecule is Cc1cc(C)n(-c2ccc(C(=O)O[C@H](C)C(=O)NCc3ccc4c(c3)OCO4)cc2)n1. The topological polar surface area (TPSA) is 91.7 Å². The average molecular weight is 421 g/mol. The van der Waals surface area contributed by atoms with Crippen molar-refractivity contribution >= 4 is 11.9 Å². The van der Waals surface area contributed by atoms with E-state index in [9.17, 15) is 9.59 Å². The predicted molar refractivity (Wildman–Crippen MR) is 112 cm³/mol. The number of hydrogen-bond donors (Lipinski definition) is 1. The number of nitrogens with zero attached hydrogens (tertiary/aromatic N) is 2.